The number of nitriles is 1. The number of nitrogens with zero attached hydrogens (tertiary/aromatic N) is 3. The Hall–Kier alpha value is -3.98. The number of rotatable bonds is 5. The lowest BCUT2D eigenvalue weighted by molar-refractivity contribution is 0.394. The van der Waals surface area contributed by atoms with Gasteiger partial charge >= 0.3 is 0 Å². The van der Waals surface area contributed by atoms with Crippen LogP contribution in [-0.2, 0) is 0 Å². The summed E-state index contributed by atoms with van der Waals surface area (Å²) in [6.07, 6.45) is 1.63. The summed E-state index contributed by atoms with van der Waals surface area (Å²) >= 11 is 0. The predicted octanol–water partition coefficient (Wildman–Crippen LogP) is 4.71. The van der Waals surface area contributed by atoms with Crippen molar-refractivity contribution in [2.45, 2.75) is 5.92 Å². The zero-order valence-corrected chi connectivity index (χ0v) is 17.9. The van der Waals surface area contributed by atoms with E-state index in [1.165, 1.54) is 0 Å². The van der Waals surface area contributed by atoms with Crippen LogP contribution < -0.4 is 14.2 Å². The third kappa shape index (κ3) is 3.78. The van der Waals surface area contributed by atoms with Gasteiger partial charge < -0.3 is 19.1 Å². The lowest BCUT2D eigenvalue weighted by Gasteiger charge is -2.28. The van der Waals surface area contributed by atoms with E-state index in [4.69, 9.17) is 14.2 Å². The molecule has 1 aliphatic rings. The van der Waals surface area contributed by atoms with E-state index in [1.54, 1.807) is 25.5 Å². The van der Waals surface area contributed by atoms with Crippen LogP contribution in [0.25, 0.3) is 10.8 Å². The average molecular weight is 413 g/mol. The summed E-state index contributed by atoms with van der Waals surface area (Å²) in [5.41, 5.74) is 2.32. The molecule has 0 saturated heterocycles. The van der Waals surface area contributed by atoms with Crippen molar-refractivity contribution >= 4 is 17.1 Å². The highest BCUT2D eigenvalue weighted by molar-refractivity contribution is 5.91. The Bertz CT molecular complexity index is 1220. The number of methoxy groups -OCH3 is 2. The van der Waals surface area contributed by atoms with Crippen LogP contribution in [0.15, 0.2) is 71.0 Å². The highest BCUT2D eigenvalue weighted by Gasteiger charge is 2.33. The molecular formula is C25H23N3O3. The highest BCUT2D eigenvalue weighted by Crippen LogP contribution is 2.47. The van der Waals surface area contributed by atoms with E-state index in [9.17, 15) is 5.26 Å². The van der Waals surface area contributed by atoms with Crippen molar-refractivity contribution in [3.63, 3.8) is 0 Å². The molecule has 0 fully saturated rings. The molecule has 6 nitrogen and oxygen atoms in total. The molecule has 1 atom stereocenters. The summed E-state index contributed by atoms with van der Waals surface area (Å²) in [7, 11) is 7.01. The van der Waals surface area contributed by atoms with E-state index < -0.39 is 0 Å². The van der Waals surface area contributed by atoms with Gasteiger partial charge in [-0.1, -0.05) is 24.3 Å². The van der Waals surface area contributed by atoms with Crippen molar-refractivity contribution in [3.8, 4) is 23.3 Å². The monoisotopic (exact) mass is 413 g/mol. The zero-order valence-electron chi connectivity index (χ0n) is 17.9. The van der Waals surface area contributed by atoms with Gasteiger partial charge in [0.25, 0.3) is 0 Å². The minimum atomic E-state index is -0.343. The van der Waals surface area contributed by atoms with Gasteiger partial charge in [-0.05, 0) is 46.7 Å². The van der Waals surface area contributed by atoms with Crippen molar-refractivity contribution in [1.82, 2.24) is 4.90 Å². The number of fused-ring (bicyclic) bond motifs is 3. The minimum absolute atomic E-state index is 0.298. The van der Waals surface area contributed by atoms with Gasteiger partial charge in [0.15, 0.2) is 0 Å². The summed E-state index contributed by atoms with van der Waals surface area (Å²) in [5.74, 6) is 2.13. The minimum Gasteiger partial charge on any atom is -0.497 e. The van der Waals surface area contributed by atoms with Gasteiger partial charge in [-0.2, -0.15) is 5.26 Å². The molecule has 6 heteroatoms. The summed E-state index contributed by atoms with van der Waals surface area (Å²) in [5, 5.41) is 12.1. The second-order valence-electron chi connectivity index (χ2n) is 7.41. The topological polar surface area (TPSA) is 67.1 Å². The maximum Gasteiger partial charge on any atom is 0.235 e. The second-order valence-corrected chi connectivity index (χ2v) is 7.41. The van der Waals surface area contributed by atoms with Crippen LogP contribution in [0.1, 0.15) is 17.0 Å². The smallest absolute Gasteiger partial charge is 0.235 e. The molecule has 0 amide bonds. The molecule has 0 N–H and O–H groups in total. The van der Waals surface area contributed by atoms with Gasteiger partial charge in [0, 0.05) is 19.7 Å². The maximum absolute atomic E-state index is 10.1. The van der Waals surface area contributed by atoms with Crippen LogP contribution in [0.4, 0.5) is 0 Å². The molecule has 0 saturated carbocycles. The molecule has 3 aromatic rings. The molecule has 0 aliphatic carbocycles. The third-order valence-corrected chi connectivity index (χ3v) is 5.22. The average Bonchev–Trinajstić information content (AvgIpc) is 2.81. The van der Waals surface area contributed by atoms with Crippen LogP contribution in [0.3, 0.4) is 0 Å². The van der Waals surface area contributed by atoms with Crippen molar-refractivity contribution in [2.75, 3.05) is 28.3 Å². The normalized spacial score (nSPS) is 15.4. The fourth-order valence-corrected chi connectivity index (χ4v) is 3.75. The number of hydrogen-bond donors (Lipinski definition) is 0. The van der Waals surface area contributed by atoms with E-state index >= 15 is 0 Å². The molecule has 0 spiro atoms. The van der Waals surface area contributed by atoms with Gasteiger partial charge in [0.2, 0.25) is 5.88 Å². The molecule has 1 aliphatic heterocycles. The van der Waals surface area contributed by atoms with Crippen molar-refractivity contribution in [2.24, 2.45) is 4.99 Å². The standard InChI is InChI=1S/C25H23N3O3/c1-28(2)15-27-25-21(14-26)23(17-6-9-18(29-3)10-7-17)24-20-13-19(30-4)11-5-16(20)8-12-22(24)31-25/h5-13,15,23H,1-4H3/b27-15+. The summed E-state index contributed by atoms with van der Waals surface area (Å²) < 4.78 is 16.9. The van der Waals surface area contributed by atoms with E-state index in [0.717, 1.165) is 33.4 Å². The molecule has 31 heavy (non-hydrogen) atoms. The summed E-state index contributed by atoms with van der Waals surface area (Å²) in [6.45, 7) is 0. The lowest BCUT2D eigenvalue weighted by atomic mass is 9.81. The van der Waals surface area contributed by atoms with Gasteiger partial charge in [0.05, 0.1) is 26.5 Å². The molecular weight excluding hydrogens is 390 g/mol. The van der Waals surface area contributed by atoms with Crippen LogP contribution >= 0.6 is 0 Å². The van der Waals surface area contributed by atoms with E-state index in [-0.39, 0.29) is 5.92 Å². The van der Waals surface area contributed by atoms with E-state index in [2.05, 4.69) is 11.1 Å². The first-order valence-corrected chi connectivity index (χ1v) is 9.83. The van der Waals surface area contributed by atoms with Crippen molar-refractivity contribution in [1.29, 1.82) is 5.26 Å². The Balaban J connectivity index is 2.00. The maximum atomic E-state index is 10.1. The Morgan fingerprint density at radius 3 is 2.32 bits per heavy atom. The number of benzene rings is 3. The fourth-order valence-electron chi connectivity index (χ4n) is 3.75. The fraction of sp³-hybridized carbons (Fsp3) is 0.200. The molecule has 0 aromatic heterocycles. The Labute approximate surface area is 181 Å². The van der Waals surface area contributed by atoms with Gasteiger partial charge in [-0.3, -0.25) is 0 Å². The highest BCUT2D eigenvalue weighted by atomic mass is 16.5. The summed E-state index contributed by atoms with van der Waals surface area (Å²) in [4.78, 5) is 6.24. The largest absolute Gasteiger partial charge is 0.497 e. The van der Waals surface area contributed by atoms with Crippen LogP contribution in [-0.4, -0.2) is 39.6 Å². The first-order chi connectivity index (χ1) is 15.0. The SMILES string of the molecule is COc1ccc(C2C(C#N)=C(/N=C/N(C)C)Oc3ccc4ccc(OC)cc4c32)cc1. The quantitative estimate of drug-likeness (QED) is 0.448. The zero-order chi connectivity index (χ0) is 22.0. The Morgan fingerprint density at radius 2 is 1.68 bits per heavy atom. The van der Waals surface area contributed by atoms with Crippen LogP contribution in [0, 0.1) is 11.3 Å². The molecule has 3 aromatic carbocycles. The van der Waals surface area contributed by atoms with Crippen molar-refractivity contribution in [3.05, 3.63) is 77.2 Å². The number of ether oxygens (including phenoxy) is 3. The van der Waals surface area contributed by atoms with Crippen LogP contribution in [0.2, 0.25) is 0 Å². The Morgan fingerprint density at radius 1 is 1.00 bits per heavy atom. The van der Waals surface area contributed by atoms with Gasteiger partial charge in [-0.15, -0.1) is 0 Å². The lowest BCUT2D eigenvalue weighted by Crippen LogP contribution is -2.17. The van der Waals surface area contributed by atoms with Crippen LogP contribution in [0.5, 0.6) is 17.2 Å². The number of hydrogen-bond acceptors (Lipinski definition) is 5. The first kappa shape index (κ1) is 20.3. The number of allylic oxidation sites excluding steroid dienone is 1. The predicted molar refractivity (Wildman–Crippen MR) is 121 cm³/mol. The van der Waals surface area contributed by atoms with Gasteiger partial charge in [0.1, 0.15) is 28.9 Å². The van der Waals surface area contributed by atoms with E-state index in [1.807, 2.05) is 68.7 Å². The molecule has 0 bridgehead atoms. The first-order valence-electron chi connectivity index (χ1n) is 9.83. The molecule has 1 unspecified atom stereocenters. The molecule has 1 heterocycles. The second kappa shape index (κ2) is 8.41. The van der Waals surface area contributed by atoms with Gasteiger partial charge in [-0.25, -0.2) is 4.99 Å². The summed E-state index contributed by atoms with van der Waals surface area (Å²) in [6, 6.07) is 19.9. The molecule has 4 rings (SSSR count). The van der Waals surface area contributed by atoms with E-state index in [0.29, 0.717) is 17.2 Å². The Kier molecular flexibility index (Phi) is 5.50. The molecule has 156 valence electrons. The number of aliphatic imine (C=N–C) groups is 1. The van der Waals surface area contributed by atoms with Crippen molar-refractivity contribution < 1.29 is 14.2 Å². The third-order valence-electron chi connectivity index (χ3n) is 5.22. The molecule has 0 radical (unpaired) electrons.